The van der Waals surface area contributed by atoms with Crippen LogP contribution in [0.2, 0.25) is 0 Å². The summed E-state index contributed by atoms with van der Waals surface area (Å²) in [5.74, 6) is 3.70. The summed E-state index contributed by atoms with van der Waals surface area (Å²) in [6.07, 6.45) is 14.3. The highest BCUT2D eigenvalue weighted by Gasteiger charge is 2.23. The fourth-order valence-corrected chi connectivity index (χ4v) is 12.2. The minimum absolute atomic E-state index is 0.174. The summed E-state index contributed by atoms with van der Waals surface area (Å²) in [5, 5.41) is 7.25. The highest BCUT2D eigenvalue weighted by molar-refractivity contribution is 6.24. The SMILES string of the molecule is c1cnc2c(c1)c1nc(-c3cc(OCCOc4cc(-c5nc6c7cccnc7c7ncccc7c6[nH]5)cc(-c5nc6c7cccnc7c7ncccc7c6[nH]5)c4)cc(-c4nc5c6cccnc6c6ncccc6c5[nH]4)c3)[nH]c1c1cccnc12. The van der Waals surface area contributed by atoms with Crippen LogP contribution >= 0.6 is 0 Å². The van der Waals surface area contributed by atoms with Crippen LogP contribution in [0.3, 0.4) is 0 Å². The summed E-state index contributed by atoms with van der Waals surface area (Å²) in [7, 11) is 0. The number of nitrogens with zero attached hydrogens (tertiary/aromatic N) is 12. The van der Waals surface area contributed by atoms with Crippen molar-refractivity contribution in [2.75, 3.05) is 13.2 Å². The van der Waals surface area contributed by atoms with Gasteiger partial charge in [-0.05, 0) is 133 Å². The van der Waals surface area contributed by atoms with Gasteiger partial charge in [-0.3, -0.25) is 39.9 Å². The lowest BCUT2D eigenvalue weighted by molar-refractivity contribution is 0.217. The number of rotatable bonds is 9. The molecule has 0 aliphatic carbocycles. The van der Waals surface area contributed by atoms with Crippen molar-refractivity contribution in [1.29, 1.82) is 0 Å². The second-order valence-electron chi connectivity index (χ2n) is 20.6. The van der Waals surface area contributed by atoms with E-state index in [4.69, 9.17) is 69.3 Å². The minimum atomic E-state index is 0.174. The van der Waals surface area contributed by atoms with Gasteiger partial charge in [-0.2, -0.15) is 0 Å². The van der Waals surface area contributed by atoms with E-state index in [0.717, 1.165) is 154 Å². The van der Waals surface area contributed by atoms with Crippen LogP contribution in [0.25, 0.3) is 177 Å². The zero-order valence-corrected chi connectivity index (χ0v) is 43.9. The first-order valence-corrected chi connectivity index (χ1v) is 27.2. The molecule has 0 aliphatic heterocycles. The van der Waals surface area contributed by atoms with Crippen LogP contribution < -0.4 is 9.47 Å². The molecule has 0 amide bonds. The second kappa shape index (κ2) is 17.8. The van der Waals surface area contributed by atoms with Crippen LogP contribution in [0.15, 0.2) is 183 Å². The van der Waals surface area contributed by atoms with Crippen LogP contribution in [0, 0.1) is 0 Å². The molecule has 18 nitrogen and oxygen atoms in total. The van der Waals surface area contributed by atoms with Gasteiger partial charge < -0.3 is 29.4 Å². The van der Waals surface area contributed by atoms with Crippen LogP contribution in [0.1, 0.15) is 0 Å². The summed E-state index contributed by atoms with van der Waals surface area (Å²) in [6.45, 7) is 0.348. The molecule has 0 radical (unpaired) electrons. The van der Waals surface area contributed by atoms with Crippen molar-refractivity contribution in [3.8, 4) is 57.1 Å². The predicted molar refractivity (Wildman–Crippen MR) is 327 cm³/mol. The van der Waals surface area contributed by atoms with Gasteiger partial charge in [0.2, 0.25) is 0 Å². The molecule has 0 atom stereocenters. The normalized spacial score (nSPS) is 12.1. The highest BCUT2D eigenvalue weighted by Crippen LogP contribution is 2.41. The van der Waals surface area contributed by atoms with Crippen LogP contribution in [0.4, 0.5) is 0 Å². The van der Waals surface area contributed by atoms with Crippen molar-refractivity contribution >= 4 is 131 Å². The second-order valence-corrected chi connectivity index (χ2v) is 20.6. The van der Waals surface area contributed by atoms with E-state index in [1.165, 1.54) is 0 Å². The molecule has 18 rings (SSSR count). The molecule has 18 aromatic rings. The van der Waals surface area contributed by atoms with Crippen molar-refractivity contribution in [1.82, 2.24) is 79.7 Å². The van der Waals surface area contributed by atoms with Gasteiger partial charge in [-0.25, -0.2) is 19.9 Å². The Balaban J connectivity index is 0.751. The standard InChI is InChI=1S/C66H38N16O2/c1-9-39-47(67-17-1)48-40(10-2-18-68-48)56-55(39)75-63(76-56)33-27-34(64-77-57-41-11-3-19-69-49(41)50-42(58(57)78-64)12-4-20-70-50)30-37(29-33)83-25-26-84-38-31-35(65-79-59-43-13-5-21-71-51(43)52-44(60(59)80-65)14-6-22-72-52)28-36(32-38)66-81-61-45-15-7-23-73-53(45)54-46(62(61)82-66)16-8-24-74-54/h1-24,27-32H,25-26H2,(H,75,76)(H,77,78)(H,79,80)(H,81,82). The zero-order valence-electron chi connectivity index (χ0n) is 43.9. The molecule has 0 bridgehead atoms. The molecule has 0 aliphatic rings. The third-order valence-electron chi connectivity index (χ3n) is 15.8. The van der Waals surface area contributed by atoms with E-state index in [-0.39, 0.29) is 13.2 Å². The number of imidazole rings is 4. The molecule has 0 spiro atoms. The molecule has 0 fully saturated rings. The van der Waals surface area contributed by atoms with E-state index in [9.17, 15) is 0 Å². The van der Waals surface area contributed by atoms with E-state index >= 15 is 0 Å². The number of ether oxygens (including phenoxy) is 2. The first kappa shape index (κ1) is 45.9. The van der Waals surface area contributed by atoms with Crippen LogP contribution in [0.5, 0.6) is 11.5 Å². The molecule has 84 heavy (non-hydrogen) atoms. The lowest BCUT2D eigenvalue weighted by Crippen LogP contribution is -2.09. The summed E-state index contributed by atoms with van der Waals surface area (Å²) in [4.78, 5) is 73.8. The quantitative estimate of drug-likeness (QED) is 0.0777. The van der Waals surface area contributed by atoms with E-state index in [0.29, 0.717) is 34.8 Å². The first-order valence-electron chi connectivity index (χ1n) is 27.2. The number of nitrogens with one attached hydrogen (secondary N) is 4. The molecular weight excluding hydrogens is 1050 g/mol. The number of aromatic nitrogens is 16. The molecule has 18 heteroatoms. The van der Waals surface area contributed by atoms with E-state index in [2.05, 4.69) is 32.1 Å². The maximum Gasteiger partial charge on any atom is 0.138 e. The Bertz CT molecular complexity index is 4820. The summed E-state index contributed by atoms with van der Waals surface area (Å²) in [6, 6.07) is 43.8. The molecule has 4 N–H and O–H groups in total. The van der Waals surface area contributed by atoms with E-state index < -0.39 is 0 Å². The van der Waals surface area contributed by atoms with E-state index in [1.54, 1.807) is 49.6 Å². The average Bonchev–Trinajstić information content (AvgIpc) is 4.25. The van der Waals surface area contributed by atoms with Crippen LogP contribution in [-0.2, 0) is 0 Å². The number of hydrogen-bond acceptors (Lipinski definition) is 14. The smallest absolute Gasteiger partial charge is 0.138 e. The third-order valence-corrected chi connectivity index (χ3v) is 15.8. The molecule has 0 saturated carbocycles. The number of fused-ring (bicyclic) bond motifs is 24. The molecule has 0 unspecified atom stereocenters. The Morgan fingerprint density at radius 2 is 0.464 bits per heavy atom. The first-order chi connectivity index (χ1) is 41.6. The molecule has 12 heterocycles. The third kappa shape index (κ3) is 6.97. The fourth-order valence-electron chi connectivity index (χ4n) is 12.2. The summed E-state index contributed by atoms with van der Waals surface area (Å²) in [5.41, 5.74) is 16.0. The monoisotopic (exact) mass is 1090 g/mol. The van der Waals surface area contributed by atoms with Gasteiger partial charge in [0.1, 0.15) is 48.0 Å². The summed E-state index contributed by atoms with van der Waals surface area (Å²) < 4.78 is 13.5. The van der Waals surface area contributed by atoms with Crippen molar-refractivity contribution < 1.29 is 9.47 Å². The lowest BCUT2D eigenvalue weighted by Gasteiger charge is -2.12. The van der Waals surface area contributed by atoms with Crippen molar-refractivity contribution in [2.24, 2.45) is 0 Å². The zero-order chi connectivity index (χ0) is 55.0. The van der Waals surface area contributed by atoms with Gasteiger partial charge in [-0.1, -0.05) is 0 Å². The van der Waals surface area contributed by atoms with Crippen molar-refractivity contribution in [3.63, 3.8) is 0 Å². The minimum Gasteiger partial charge on any atom is -0.490 e. The van der Waals surface area contributed by atoms with Gasteiger partial charge in [0.25, 0.3) is 0 Å². The average molecular weight is 1090 g/mol. The largest absolute Gasteiger partial charge is 0.490 e. The van der Waals surface area contributed by atoms with Crippen molar-refractivity contribution in [3.05, 3.63) is 183 Å². The Kier molecular flexibility index (Phi) is 9.72. The Morgan fingerprint density at radius 3 is 0.702 bits per heavy atom. The molecule has 12 aromatic heterocycles. The fraction of sp³-hybridized carbons (Fsp3) is 0.0303. The van der Waals surface area contributed by atoms with Crippen LogP contribution in [-0.4, -0.2) is 93.0 Å². The molecular formula is C66H38N16O2. The maximum absolute atomic E-state index is 6.75. The molecule has 0 saturated heterocycles. The van der Waals surface area contributed by atoms with Gasteiger partial charge in [0, 0.05) is 115 Å². The highest BCUT2D eigenvalue weighted by atomic mass is 16.5. The Labute approximate surface area is 471 Å². The maximum atomic E-state index is 6.75. The number of benzene rings is 6. The number of H-pyrrole nitrogens is 4. The topological polar surface area (TPSA) is 236 Å². The Hall–Kier alpha value is -11.9. The summed E-state index contributed by atoms with van der Waals surface area (Å²) >= 11 is 0. The number of hydrogen-bond donors (Lipinski definition) is 4. The van der Waals surface area contributed by atoms with Gasteiger partial charge in [0.15, 0.2) is 0 Å². The molecule has 6 aromatic carbocycles. The van der Waals surface area contributed by atoms with Gasteiger partial charge in [0.05, 0.1) is 88.3 Å². The van der Waals surface area contributed by atoms with Crippen molar-refractivity contribution in [2.45, 2.75) is 0 Å². The van der Waals surface area contributed by atoms with Gasteiger partial charge >= 0.3 is 0 Å². The Morgan fingerprint density at radius 1 is 0.250 bits per heavy atom. The predicted octanol–water partition coefficient (Wildman–Crippen LogP) is 13.7. The number of pyridine rings is 8. The van der Waals surface area contributed by atoms with Gasteiger partial charge in [-0.15, -0.1) is 0 Å². The lowest BCUT2D eigenvalue weighted by atomic mass is 10.1. The number of aromatic amines is 4. The van der Waals surface area contributed by atoms with E-state index in [1.807, 2.05) is 121 Å². The molecule has 394 valence electrons.